The molecule has 0 amide bonds. The van der Waals surface area contributed by atoms with Crippen LogP contribution < -0.4 is 16.8 Å². The Bertz CT molecular complexity index is 1790. The van der Waals surface area contributed by atoms with Crippen molar-refractivity contribution in [1.29, 1.82) is 0 Å². The first kappa shape index (κ1) is 61.8. The van der Waals surface area contributed by atoms with Crippen molar-refractivity contribution in [3.05, 3.63) is 23.3 Å². The summed E-state index contributed by atoms with van der Waals surface area (Å²) in [6.45, 7) is 33.0. The Balaban J connectivity index is 0.000000225. The molecule has 8 aliphatic rings. The average Bonchev–Trinajstić information content (AvgIpc) is 3.95. The Labute approximate surface area is 462 Å². The molecule has 8 rings (SSSR count). The summed E-state index contributed by atoms with van der Waals surface area (Å²) in [5.41, 5.74) is 16.8. The van der Waals surface area contributed by atoms with Gasteiger partial charge >= 0.3 is 0 Å². The van der Waals surface area contributed by atoms with E-state index in [-0.39, 0.29) is 0 Å². The van der Waals surface area contributed by atoms with Gasteiger partial charge in [-0.2, -0.15) is 0 Å². The van der Waals surface area contributed by atoms with E-state index in [0.29, 0.717) is 79.7 Å². The van der Waals surface area contributed by atoms with Gasteiger partial charge < -0.3 is 36.5 Å². The van der Waals surface area contributed by atoms with E-state index in [2.05, 4.69) is 98.5 Å². The number of nitrogens with zero attached hydrogens (tertiary/aromatic N) is 1. The van der Waals surface area contributed by atoms with Crippen molar-refractivity contribution in [2.75, 3.05) is 59.2 Å². The van der Waals surface area contributed by atoms with Crippen LogP contribution in [0, 0.1) is 92.7 Å². The quantitative estimate of drug-likeness (QED) is 0.0428. The van der Waals surface area contributed by atoms with Gasteiger partial charge in [-0.3, -0.25) is 4.90 Å². The minimum atomic E-state index is -0.477. The predicted octanol–water partition coefficient (Wildman–Crippen LogP) is 13.8. The summed E-state index contributed by atoms with van der Waals surface area (Å²) in [5, 5.41) is 24.0. The third-order valence-electron chi connectivity index (χ3n) is 24.0. The van der Waals surface area contributed by atoms with Crippen molar-refractivity contribution in [2.24, 2.45) is 104 Å². The molecule has 0 spiro atoms. The number of nitrogens with two attached hydrogens (primary N) is 2. The van der Waals surface area contributed by atoms with Gasteiger partial charge in [0.15, 0.2) is 0 Å². The number of aliphatic hydroxyl groups is 2. The fraction of sp³-hybridized carbons (Fsp3) is 0.940. The minimum Gasteiger partial charge on any atom is -0.390 e. The minimum absolute atomic E-state index is 0.316. The lowest BCUT2D eigenvalue weighted by atomic mass is 9.46. The maximum Gasteiger partial charge on any atom is 0.0789 e. The number of aliphatic hydroxyl groups excluding tert-OH is 2. The standard InChI is InChI=1S/C37H68N2O3.C30H54N2O/c1-7-20-41-22-23-42-21-19-39(26-31(40)25-38)30-15-17-36(5)29(24-30)11-12-32-34-14-13-33(28(4)10-8-9-27(2)3)37(34,6)18-16-35(32)36;1-20(2)7-6-8-21(3)26-11-12-27-25-10-9-22-17-23(32-19-24(33)18-31)13-15-29(22,4)28(25)14-16-30(26,27)5/h11,27-28,30-35,40H,7-10,12-26,38H2,1-6H3;9,20-21,23-28,32-33H,6-8,10-19,31H2,1-5H3. The second kappa shape index (κ2) is 27.8. The van der Waals surface area contributed by atoms with Crippen LogP contribution in [0.2, 0.25) is 0 Å². The van der Waals surface area contributed by atoms with E-state index in [4.69, 9.17) is 20.9 Å². The summed E-state index contributed by atoms with van der Waals surface area (Å²) < 4.78 is 11.5. The molecule has 434 valence electrons. The molecule has 7 N–H and O–H groups in total. The van der Waals surface area contributed by atoms with Crippen molar-refractivity contribution in [3.8, 4) is 0 Å². The van der Waals surface area contributed by atoms with Gasteiger partial charge in [0.05, 0.1) is 32.0 Å². The van der Waals surface area contributed by atoms with E-state index in [1.54, 1.807) is 11.1 Å². The van der Waals surface area contributed by atoms with E-state index >= 15 is 0 Å². The Morgan fingerprint density at radius 3 is 1.61 bits per heavy atom. The lowest BCUT2D eigenvalue weighted by molar-refractivity contribution is -0.0566. The Morgan fingerprint density at radius 1 is 0.600 bits per heavy atom. The molecule has 0 aliphatic heterocycles. The highest BCUT2D eigenvalue weighted by Gasteiger charge is 2.61. The van der Waals surface area contributed by atoms with Crippen molar-refractivity contribution in [1.82, 2.24) is 10.2 Å². The first-order valence-corrected chi connectivity index (χ1v) is 32.6. The number of hydrogen-bond acceptors (Lipinski definition) is 8. The molecule has 0 aromatic heterocycles. The fourth-order valence-electron chi connectivity index (χ4n) is 19.6. The van der Waals surface area contributed by atoms with Gasteiger partial charge in [-0.15, -0.1) is 0 Å². The van der Waals surface area contributed by atoms with Gasteiger partial charge in [-0.1, -0.05) is 138 Å². The summed E-state index contributed by atoms with van der Waals surface area (Å²) in [4.78, 5) is 2.48. The molecule has 0 aromatic carbocycles. The summed E-state index contributed by atoms with van der Waals surface area (Å²) in [7, 11) is 0. The van der Waals surface area contributed by atoms with Crippen LogP contribution in [0.5, 0.6) is 0 Å². The van der Waals surface area contributed by atoms with E-state index in [1.165, 1.54) is 135 Å². The Hall–Kier alpha value is -0.840. The van der Waals surface area contributed by atoms with Crippen LogP contribution in [0.15, 0.2) is 23.3 Å². The largest absolute Gasteiger partial charge is 0.390 e. The number of allylic oxidation sites excluding steroid dienone is 2. The zero-order chi connectivity index (χ0) is 54.1. The maximum absolute atomic E-state index is 10.5. The predicted molar refractivity (Wildman–Crippen MR) is 315 cm³/mol. The molecule has 0 heterocycles. The van der Waals surface area contributed by atoms with Crippen LogP contribution in [0.3, 0.4) is 0 Å². The molecule has 6 fully saturated rings. The van der Waals surface area contributed by atoms with Gasteiger partial charge in [0, 0.05) is 51.4 Å². The molecule has 0 radical (unpaired) electrons. The zero-order valence-corrected chi connectivity index (χ0v) is 50.8. The summed E-state index contributed by atoms with van der Waals surface area (Å²) in [6, 6.07) is 0.983. The Kier molecular flexibility index (Phi) is 22.9. The highest BCUT2D eigenvalue weighted by molar-refractivity contribution is 5.27. The SMILES string of the molecule is CC(C)CCCC(C)C1CCC2C3CC=C4CC(NCC(O)CN)CCC4(C)C3CCC12C.CCCOCCOCCN(CC(O)CN)C1CCC2(C)C(=CCC3C2CCC2(C)C(C(C)CCCC(C)C)CCC32)C1. The molecule has 18 atom stereocenters. The number of ether oxygens (including phenoxy) is 2. The van der Waals surface area contributed by atoms with E-state index < -0.39 is 12.2 Å². The second-order valence-electron chi connectivity index (χ2n) is 29.3. The number of fused-ring (bicyclic) bond motifs is 10. The topological polar surface area (TPSA) is 126 Å². The molecule has 0 aromatic rings. The molecular formula is C67H122N4O4. The molecule has 0 bridgehead atoms. The van der Waals surface area contributed by atoms with Crippen molar-refractivity contribution >= 4 is 0 Å². The van der Waals surface area contributed by atoms with Crippen LogP contribution in [0.1, 0.15) is 224 Å². The summed E-state index contributed by atoms with van der Waals surface area (Å²) >= 11 is 0. The third kappa shape index (κ3) is 14.3. The monoisotopic (exact) mass is 1050 g/mol. The molecule has 75 heavy (non-hydrogen) atoms. The van der Waals surface area contributed by atoms with Crippen LogP contribution in [0.4, 0.5) is 0 Å². The van der Waals surface area contributed by atoms with Crippen molar-refractivity contribution in [2.45, 2.75) is 248 Å². The van der Waals surface area contributed by atoms with Crippen LogP contribution in [-0.4, -0.2) is 98.6 Å². The summed E-state index contributed by atoms with van der Waals surface area (Å²) in [5.74, 6) is 10.7. The third-order valence-corrected chi connectivity index (χ3v) is 24.0. The lowest BCUT2D eigenvalue weighted by Gasteiger charge is -2.59. The van der Waals surface area contributed by atoms with Gasteiger partial charge in [-0.25, -0.2) is 0 Å². The first-order valence-electron chi connectivity index (χ1n) is 32.6. The van der Waals surface area contributed by atoms with Gasteiger partial charge in [0.2, 0.25) is 0 Å². The zero-order valence-electron chi connectivity index (χ0n) is 50.8. The molecular weight excluding hydrogens is 925 g/mol. The van der Waals surface area contributed by atoms with Crippen LogP contribution >= 0.6 is 0 Å². The highest BCUT2D eigenvalue weighted by atomic mass is 16.5. The fourth-order valence-corrected chi connectivity index (χ4v) is 19.6. The highest BCUT2D eigenvalue weighted by Crippen LogP contribution is 2.69. The van der Waals surface area contributed by atoms with Crippen LogP contribution in [0.25, 0.3) is 0 Å². The van der Waals surface area contributed by atoms with Crippen molar-refractivity contribution in [3.63, 3.8) is 0 Å². The normalized spacial score (nSPS) is 38.7. The van der Waals surface area contributed by atoms with Gasteiger partial charge in [-0.05, 0) is 202 Å². The Morgan fingerprint density at radius 2 is 1.11 bits per heavy atom. The molecule has 8 aliphatic carbocycles. The van der Waals surface area contributed by atoms with Crippen molar-refractivity contribution < 1.29 is 19.7 Å². The maximum atomic E-state index is 10.5. The average molecular weight is 1050 g/mol. The number of rotatable bonds is 26. The summed E-state index contributed by atoms with van der Waals surface area (Å²) in [6.07, 6.45) is 35.7. The number of hydrogen-bond donors (Lipinski definition) is 5. The number of nitrogens with one attached hydrogen (secondary N) is 1. The van der Waals surface area contributed by atoms with E-state index in [1.807, 2.05) is 0 Å². The van der Waals surface area contributed by atoms with Crippen LogP contribution in [-0.2, 0) is 9.47 Å². The molecule has 6 saturated carbocycles. The molecule has 8 nitrogen and oxygen atoms in total. The first-order chi connectivity index (χ1) is 35.8. The molecule has 8 heteroatoms. The van der Waals surface area contributed by atoms with E-state index in [9.17, 15) is 10.2 Å². The van der Waals surface area contributed by atoms with E-state index in [0.717, 1.165) is 97.0 Å². The van der Waals surface area contributed by atoms with Gasteiger partial charge in [0.25, 0.3) is 0 Å². The second-order valence-corrected chi connectivity index (χ2v) is 29.3. The lowest BCUT2D eigenvalue weighted by Crippen LogP contribution is -2.53. The smallest absolute Gasteiger partial charge is 0.0789 e. The van der Waals surface area contributed by atoms with Gasteiger partial charge in [0.1, 0.15) is 0 Å². The molecule has 18 unspecified atom stereocenters. The molecule has 0 saturated heterocycles.